The quantitative estimate of drug-likeness (QED) is 0.465. The highest BCUT2D eigenvalue weighted by Crippen LogP contribution is 2.21. The Morgan fingerprint density at radius 2 is 2.18 bits per heavy atom. The molecule has 2 aliphatic heterocycles. The lowest BCUT2D eigenvalue weighted by atomic mass is 10.1. The standard InChI is InChI=1S/C11H16N4O2/c12-3-4-13-10(16)11(17)15-7-6-14-5-1-2-9(14)8-15/h9H,1-2,4-8H2,(H,13,16). The molecular weight excluding hydrogens is 220 g/mol. The number of carbonyl (C=O) groups is 2. The molecule has 17 heavy (non-hydrogen) atoms. The van der Waals surface area contributed by atoms with Gasteiger partial charge in [0.05, 0.1) is 6.07 Å². The van der Waals surface area contributed by atoms with E-state index in [1.807, 2.05) is 0 Å². The van der Waals surface area contributed by atoms with Crippen molar-refractivity contribution in [2.75, 3.05) is 32.7 Å². The summed E-state index contributed by atoms with van der Waals surface area (Å²) in [5.41, 5.74) is 0. The molecule has 2 amide bonds. The van der Waals surface area contributed by atoms with Gasteiger partial charge < -0.3 is 10.2 Å². The summed E-state index contributed by atoms with van der Waals surface area (Å²) in [6.07, 6.45) is 2.27. The van der Waals surface area contributed by atoms with Crippen molar-refractivity contribution in [2.24, 2.45) is 0 Å². The molecule has 0 spiro atoms. The van der Waals surface area contributed by atoms with E-state index in [2.05, 4.69) is 10.2 Å². The van der Waals surface area contributed by atoms with Gasteiger partial charge in [0.15, 0.2) is 0 Å². The monoisotopic (exact) mass is 236 g/mol. The summed E-state index contributed by atoms with van der Waals surface area (Å²) >= 11 is 0. The van der Waals surface area contributed by atoms with Gasteiger partial charge >= 0.3 is 11.8 Å². The molecule has 0 aromatic rings. The summed E-state index contributed by atoms with van der Waals surface area (Å²) in [5, 5.41) is 10.6. The second-order valence-electron chi connectivity index (χ2n) is 4.42. The highest BCUT2D eigenvalue weighted by Gasteiger charge is 2.34. The molecule has 2 saturated heterocycles. The number of fused-ring (bicyclic) bond motifs is 1. The summed E-state index contributed by atoms with van der Waals surface area (Å²) in [6, 6.07) is 2.20. The molecule has 0 aromatic carbocycles. The van der Waals surface area contributed by atoms with E-state index in [9.17, 15) is 9.59 Å². The molecule has 92 valence electrons. The first-order valence-electron chi connectivity index (χ1n) is 5.90. The van der Waals surface area contributed by atoms with Crippen molar-refractivity contribution in [1.29, 1.82) is 5.26 Å². The number of nitrogens with one attached hydrogen (secondary N) is 1. The van der Waals surface area contributed by atoms with Crippen LogP contribution in [0.3, 0.4) is 0 Å². The van der Waals surface area contributed by atoms with Gasteiger partial charge in [-0.25, -0.2) is 0 Å². The molecule has 0 bridgehead atoms. The van der Waals surface area contributed by atoms with Crippen LogP contribution in [0, 0.1) is 11.3 Å². The Morgan fingerprint density at radius 1 is 1.35 bits per heavy atom. The Balaban J connectivity index is 1.88. The molecular formula is C11H16N4O2. The first kappa shape index (κ1) is 11.9. The number of hydrogen-bond donors (Lipinski definition) is 1. The minimum Gasteiger partial charge on any atom is -0.335 e. The van der Waals surface area contributed by atoms with Crippen molar-refractivity contribution < 1.29 is 9.59 Å². The van der Waals surface area contributed by atoms with E-state index in [0.29, 0.717) is 19.1 Å². The molecule has 6 nitrogen and oxygen atoms in total. The van der Waals surface area contributed by atoms with Gasteiger partial charge in [-0.3, -0.25) is 14.5 Å². The van der Waals surface area contributed by atoms with Crippen molar-refractivity contribution in [2.45, 2.75) is 18.9 Å². The van der Waals surface area contributed by atoms with Gasteiger partial charge in [0.1, 0.15) is 6.54 Å². The number of rotatable bonds is 1. The minimum absolute atomic E-state index is 0.117. The number of amides is 2. The summed E-state index contributed by atoms with van der Waals surface area (Å²) in [5.74, 6) is -1.18. The lowest BCUT2D eigenvalue weighted by Gasteiger charge is -2.36. The molecule has 0 saturated carbocycles. The Labute approximate surface area is 100 Å². The normalized spacial score (nSPS) is 23.9. The summed E-state index contributed by atoms with van der Waals surface area (Å²) < 4.78 is 0. The van der Waals surface area contributed by atoms with Crippen LogP contribution in [0.5, 0.6) is 0 Å². The van der Waals surface area contributed by atoms with Gasteiger partial charge in [-0.1, -0.05) is 0 Å². The number of carbonyl (C=O) groups excluding carboxylic acids is 2. The number of nitrogens with zero attached hydrogens (tertiary/aromatic N) is 3. The summed E-state index contributed by atoms with van der Waals surface area (Å²) in [4.78, 5) is 27.2. The summed E-state index contributed by atoms with van der Waals surface area (Å²) in [7, 11) is 0. The van der Waals surface area contributed by atoms with Crippen LogP contribution in [-0.2, 0) is 9.59 Å². The van der Waals surface area contributed by atoms with E-state index in [1.54, 1.807) is 11.0 Å². The molecule has 2 rings (SSSR count). The van der Waals surface area contributed by atoms with Gasteiger partial charge in [0.2, 0.25) is 0 Å². The van der Waals surface area contributed by atoms with Crippen LogP contribution in [0.1, 0.15) is 12.8 Å². The molecule has 2 fully saturated rings. The number of nitriles is 1. The zero-order valence-corrected chi connectivity index (χ0v) is 9.69. The Hall–Kier alpha value is -1.61. The van der Waals surface area contributed by atoms with Gasteiger partial charge in [-0.05, 0) is 19.4 Å². The van der Waals surface area contributed by atoms with Crippen LogP contribution in [0.25, 0.3) is 0 Å². The average molecular weight is 236 g/mol. The van der Waals surface area contributed by atoms with Gasteiger partial charge in [0, 0.05) is 25.7 Å². The third-order valence-corrected chi connectivity index (χ3v) is 3.40. The predicted molar refractivity (Wildman–Crippen MR) is 59.8 cm³/mol. The smallest absolute Gasteiger partial charge is 0.312 e. The van der Waals surface area contributed by atoms with Gasteiger partial charge in [-0.2, -0.15) is 5.26 Å². The Bertz CT molecular complexity index is 363. The molecule has 2 heterocycles. The number of hydrogen-bond acceptors (Lipinski definition) is 4. The highest BCUT2D eigenvalue weighted by atomic mass is 16.2. The van der Waals surface area contributed by atoms with Crippen molar-refractivity contribution in [3.05, 3.63) is 0 Å². The lowest BCUT2D eigenvalue weighted by molar-refractivity contribution is -0.147. The van der Waals surface area contributed by atoms with Crippen LogP contribution in [0.4, 0.5) is 0 Å². The fraction of sp³-hybridized carbons (Fsp3) is 0.727. The van der Waals surface area contributed by atoms with Crippen LogP contribution in [0.2, 0.25) is 0 Å². The zero-order chi connectivity index (χ0) is 12.3. The van der Waals surface area contributed by atoms with Crippen molar-refractivity contribution >= 4 is 11.8 Å². The van der Waals surface area contributed by atoms with E-state index >= 15 is 0 Å². The van der Waals surface area contributed by atoms with E-state index in [0.717, 1.165) is 19.5 Å². The summed E-state index contributed by atoms with van der Waals surface area (Å²) in [6.45, 7) is 3.08. The fourth-order valence-electron chi connectivity index (χ4n) is 2.51. The molecule has 1 N–H and O–H groups in total. The fourth-order valence-corrected chi connectivity index (χ4v) is 2.51. The first-order chi connectivity index (χ1) is 8.22. The largest absolute Gasteiger partial charge is 0.335 e. The van der Waals surface area contributed by atoms with E-state index < -0.39 is 11.8 Å². The van der Waals surface area contributed by atoms with Gasteiger partial charge in [-0.15, -0.1) is 0 Å². The maximum absolute atomic E-state index is 11.8. The molecule has 1 atom stereocenters. The van der Waals surface area contributed by atoms with Crippen molar-refractivity contribution in [3.8, 4) is 6.07 Å². The average Bonchev–Trinajstić information content (AvgIpc) is 2.81. The molecule has 0 radical (unpaired) electrons. The third-order valence-electron chi connectivity index (χ3n) is 3.40. The third kappa shape index (κ3) is 2.56. The van der Waals surface area contributed by atoms with Crippen LogP contribution in [-0.4, -0.2) is 60.4 Å². The van der Waals surface area contributed by atoms with Gasteiger partial charge in [0.25, 0.3) is 0 Å². The van der Waals surface area contributed by atoms with Crippen LogP contribution in [0.15, 0.2) is 0 Å². The highest BCUT2D eigenvalue weighted by molar-refractivity contribution is 6.35. The predicted octanol–water partition coefficient (Wildman–Crippen LogP) is -1.07. The molecule has 2 aliphatic rings. The second kappa shape index (κ2) is 5.15. The SMILES string of the molecule is N#CCNC(=O)C(=O)N1CCN2CCCC2C1. The topological polar surface area (TPSA) is 76.4 Å². The van der Waals surface area contributed by atoms with Crippen molar-refractivity contribution in [3.63, 3.8) is 0 Å². The maximum atomic E-state index is 11.8. The second-order valence-corrected chi connectivity index (χ2v) is 4.42. The van der Waals surface area contributed by atoms with E-state index in [1.165, 1.54) is 6.42 Å². The Morgan fingerprint density at radius 3 is 2.94 bits per heavy atom. The zero-order valence-electron chi connectivity index (χ0n) is 9.69. The molecule has 0 aliphatic carbocycles. The first-order valence-corrected chi connectivity index (χ1v) is 5.90. The van der Waals surface area contributed by atoms with Crippen LogP contribution < -0.4 is 5.32 Å². The molecule has 0 aromatic heterocycles. The van der Waals surface area contributed by atoms with E-state index in [-0.39, 0.29) is 6.54 Å². The molecule has 6 heteroatoms. The lowest BCUT2D eigenvalue weighted by Crippen LogP contribution is -2.55. The molecule has 1 unspecified atom stereocenters. The minimum atomic E-state index is -0.669. The van der Waals surface area contributed by atoms with E-state index in [4.69, 9.17) is 5.26 Å². The Kier molecular flexibility index (Phi) is 3.59. The van der Waals surface area contributed by atoms with Crippen LogP contribution >= 0.6 is 0 Å². The van der Waals surface area contributed by atoms with Crippen molar-refractivity contribution in [1.82, 2.24) is 15.1 Å². The number of piperazine rings is 1. The maximum Gasteiger partial charge on any atom is 0.312 e.